The van der Waals surface area contributed by atoms with Crippen molar-refractivity contribution in [2.24, 2.45) is 0 Å². The van der Waals surface area contributed by atoms with Crippen LogP contribution in [0.15, 0.2) is 0 Å². The van der Waals surface area contributed by atoms with Crippen LogP contribution >= 0.6 is 17.9 Å². The van der Waals surface area contributed by atoms with Crippen molar-refractivity contribution in [3.63, 3.8) is 0 Å². The van der Waals surface area contributed by atoms with Crippen molar-refractivity contribution in [2.45, 2.75) is 0 Å². The Labute approximate surface area is 60.5 Å². The molecule has 0 aromatic carbocycles. The van der Waals surface area contributed by atoms with Crippen molar-refractivity contribution in [1.29, 1.82) is 0 Å². The summed E-state index contributed by atoms with van der Waals surface area (Å²) in [7, 11) is 0. The Morgan fingerprint density at radius 2 is 1.50 bits per heavy atom. The first-order chi connectivity index (χ1) is 2.00. The van der Waals surface area contributed by atoms with E-state index in [4.69, 9.17) is 9.79 Å². The molecule has 0 rings (SSSR count). The summed E-state index contributed by atoms with van der Waals surface area (Å²) in [5, 5.41) is 0. The van der Waals surface area contributed by atoms with Crippen LogP contribution in [0, 0.1) is 0 Å². The topological polar surface area (TPSA) is 40.5 Å². The molecule has 6 heteroatoms. The standard InChI is InChI=1S/Mo.H3O2PS2/c;1-3(2,4)5/h;(H3,1,2,4,5). The van der Waals surface area contributed by atoms with Crippen LogP contribution in [0.5, 0.6) is 0 Å². The van der Waals surface area contributed by atoms with E-state index in [1.54, 1.807) is 0 Å². The van der Waals surface area contributed by atoms with Crippen molar-refractivity contribution >= 4 is 29.7 Å². The Bertz CT molecular complexity index is 57.7. The van der Waals surface area contributed by atoms with Gasteiger partial charge in [0, 0.05) is 21.1 Å². The van der Waals surface area contributed by atoms with E-state index in [-0.39, 0.29) is 21.1 Å². The van der Waals surface area contributed by atoms with E-state index in [0.717, 1.165) is 0 Å². The van der Waals surface area contributed by atoms with Crippen molar-refractivity contribution in [2.75, 3.05) is 0 Å². The summed E-state index contributed by atoms with van der Waals surface area (Å²) in [5.41, 5.74) is -3.11. The molecule has 0 aliphatic carbocycles. The Kier molecular flexibility index (Phi) is 6.32. The molecule has 0 heterocycles. The third-order valence-corrected chi connectivity index (χ3v) is 0. The first-order valence-electron chi connectivity index (χ1n) is 0.783. The zero-order valence-electron chi connectivity index (χ0n) is 2.61. The fourth-order valence-corrected chi connectivity index (χ4v) is 0. The van der Waals surface area contributed by atoms with Crippen molar-refractivity contribution in [3.8, 4) is 0 Å². The molecule has 0 saturated heterocycles. The molecule has 0 aliphatic heterocycles. The summed E-state index contributed by atoms with van der Waals surface area (Å²) in [4.78, 5) is 15.7. The van der Waals surface area contributed by atoms with E-state index in [0.29, 0.717) is 0 Å². The van der Waals surface area contributed by atoms with Gasteiger partial charge in [-0.15, -0.1) is 0 Å². The van der Waals surface area contributed by atoms with Crippen LogP contribution in [-0.2, 0) is 32.9 Å². The van der Waals surface area contributed by atoms with Gasteiger partial charge in [0.05, 0.1) is 0 Å². The number of hydrogen-bond acceptors (Lipinski definition) is 1. The minimum Gasteiger partial charge on any atom is -0.338 e. The molecule has 0 aromatic rings. The molecule has 38 valence electrons. The molecule has 0 spiro atoms. The Balaban J connectivity index is 0. The predicted molar refractivity (Wildman–Crippen MR) is 27.7 cm³/mol. The zero-order valence-corrected chi connectivity index (χ0v) is 7.22. The quantitative estimate of drug-likeness (QED) is 0.312. The molecule has 0 fully saturated rings. The largest absolute Gasteiger partial charge is 0.338 e. The molecule has 0 saturated carbocycles. The Hall–Kier alpha value is 1.61. The van der Waals surface area contributed by atoms with Gasteiger partial charge in [-0.05, 0) is 11.8 Å². The molecular weight excluding hydrogens is 223 g/mol. The van der Waals surface area contributed by atoms with Crippen LogP contribution in [0.1, 0.15) is 0 Å². The minimum absolute atomic E-state index is 0. The van der Waals surface area contributed by atoms with Crippen LogP contribution in [0.25, 0.3) is 0 Å². The van der Waals surface area contributed by atoms with Crippen LogP contribution in [0.3, 0.4) is 0 Å². The first kappa shape index (κ1) is 10.6. The van der Waals surface area contributed by atoms with E-state index >= 15 is 0 Å². The van der Waals surface area contributed by atoms with Crippen LogP contribution in [0.4, 0.5) is 0 Å². The molecule has 2 N–H and O–H groups in total. The van der Waals surface area contributed by atoms with E-state index in [9.17, 15) is 0 Å². The van der Waals surface area contributed by atoms with Crippen LogP contribution in [0.2, 0.25) is 0 Å². The van der Waals surface area contributed by atoms with Gasteiger partial charge >= 0.3 is 0 Å². The van der Waals surface area contributed by atoms with Crippen LogP contribution < -0.4 is 0 Å². The van der Waals surface area contributed by atoms with Gasteiger partial charge in [0.25, 0.3) is 0 Å². The SMILES string of the molecule is OP(O)(=S)S.[Mo]. The summed E-state index contributed by atoms with van der Waals surface area (Å²) in [6.45, 7) is 0. The average molecular weight is 226 g/mol. The predicted octanol–water partition coefficient (Wildman–Crippen LogP) is 0.123. The maximum atomic E-state index is 7.87. The summed E-state index contributed by atoms with van der Waals surface area (Å²) in [6.07, 6.45) is 0. The monoisotopic (exact) mass is 228 g/mol. The van der Waals surface area contributed by atoms with E-state index < -0.39 is 5.69 Å². The number of thiol groups is 1. The second-order valence-electron chi connectivity index (χ2n) is 0.513. The van der Waals surface area contributed by atoms with Crippen molar-refractivity contribution < 1.29 is 30.9 Å². The number of hydrogen-bond donors (Lipinski definition) is 3. The van der Waals surface area contributed by atoms with Gasteiger partial charge in [0.2, 0.25) is 5.69 Å². The Morgan fingerprint density at radius 3 is 1.50 bits per heavy atom. The van der Waals surface area contributed by atoms with Gasteiger partial charge in [0.15, 0.2) is 0 Å². The summed E-state index contributed by atoms with van der Waals surface area (Å²) in [6, 6.07) is 0. The smallest absolute Gasteiger partial charge is 0.239 e. The maximum absolute atomic E-state index is 7.87. The molecule has 0 aromatic heterocycles. The normalized spacial score (nSPS) is 9.83. The summed E-state index contributed by atoms with van der Waals surface area (Å²) >= 11 is 7.07. The van der Waals surface area contributed by atoms with E-state index in [2.05, 4.69) is 24.1 Å². The van der Waals surface area contributed by atoms with Gasteiger partial charge in [-0.1, -0.05) is 12.2 Å². The summed E-state index contributed by atoms with van der Waals surface area (Å²) < 4.78 is 0. The van der Waals surface area contributed by atoms with Gasteiger partial charge in [-0.2, -0.15) is 0 Å². The second kappa shape index (κ2) is 3.59. The van der Waals surface area contributed by atoms with E-state index in [1.807, 2.05) is 0 Å². The molecule has 0 amide bonds. The second-order valence-corrected chi connectivity index (χ2v) is 5.55. The zero-order chi connectivity index (χ0) is 4.50. The molecular formula is H3MoO2PS2. The van der Waals surface area contributed by atoms with Gasteiger partial charge in [-0.25, -0.2) is 0 Å². The summed E-state index contributed by atoms with van der Waals surface area (Å²) in [5.74, 6) is 0. The average Bonchev–Trinajstić information content (AvgIpc) is 0.722. The third-order valence-electron chi connectivity index (χ3n) is 0. The van der Waals surface area contributed by atoms with Crippen molar-refractivity contribution in [3.05, 3.63) is 0 Å². The number of rotatable bonds is 0. The fourth-order valence-electron chi connectivity index (χ4n) is 0. The Morgan fingerprint density at radius 1 is 1.50 bits per heavy atom. The molecule has 2 nitrogen and oxygen atoms in total. The van der Waals surface area contributed by atoms with Crippen molar-refractivity contribution in [1.82, 2.24) is 0 Å². The van der Waals surface area contributed by atoms with Gasteiger partial charge in [-0.3, -0.25) is 0 Å². The van der Waals surface area contributed by atoms with Gasteiger partial charge < -0.3 is 9.79 Å². The maximum Gasteiger partial charge on any atom is 0.239 e. The molecule has 0 atom stereocenters. The molecule has 0 radical (unpaired) electrons. The third kappa shape index (κ3) is 46.0. The molecule has 0 aliphatic rings. The molecule has 6 heavy (non-hydrogen) atoms. The minimum atomic E-state index is -3.11. The van der Waals surface area contributed by atoms with E-state index in [1.165, 1.54) is 0 Å². The first-order valence-corrected chi connectivity index (χ1v) is 4.64. The van der Waals surface area contributed by atoms with Crippen LogP contribution in [-0.4, -0.2) is 9.79 Å². The fraction of sp³-hybridized carbons (Fsp3) is 0. The molecule has 0 unspecified atom stereocenters. The van der Waals surface area contributed by atoms with Gasteiger partial charge in [0.1, 0.15) is 0 Å². The molecule has 0 bridgehead atoms.